The summed E-state index contributed by atoms with van der Waals surface area (Å²) in [5, 5.41) is 12.3. The molecule has 0 unspecified atom stereocenters. The van der Waals surface area contributed by atoms with Crippen LogP contribution in [0.25, 0.3) is 6.08 Å². The summed E-state index contributed by atoms with van der Waals surface area (Å²) in [6, 6.07) is 10.6. The van der Waals surface area contributed by atoms with Crippen molar-refractivity contribution in [2.45, 2.75) is 11.1 Å². The topological polar surface area (TPSA) is 79.5 Å². The maximum absolute atomic E-state index is 12.5. The fraction of sp³-hybridized carbons (Fsp3) is 0.0588. The maximum atomic E-state index is 12.5. The van der Waals surface area contributed by atoms with Gasteiger partial charge < -0.3 is 0 Å². The molecule has 0 saturated heterocycles. The lowest BCUT2D eigenvalue weighted by Crippen LogP contribution is -2.07. The van der Waals surface area contributed by atoms with Gasteiger partial charge in [0.1, 0.15) is 11.0 Å². The molecule has 0 heterocycles. The summed E-state index contributed by atoms with van der Waals surface area (Å²) in [5.74, 6) is 0. The van der Waals surface area contributed by atoms with Gasteiger partial charge in [0.2, 0.25) is 0 Å². The predicted molar refractivity (Wildman–Crippen MR) is 88.4 cm³/mol. The van der Waals surface area contributed by atoms with Crippen LogP contribution in [0.1, 0.15) is 16.7 Å². The van der Waals surface area contributed by atoms with E-state index < -0.39 is 27.6 Å². The van der Waals surface area contributed by atoms with Crippen LogP contribution in [0.4, 0.5) is 13.2 Å². The maximum Gasteiger partial charge on any atom is 0.416 e. The van der Waals surface area contributed by atoms with Crippen molar-refractivity contribution in [2.75, 3.05) is 0 Å². The SMILES string of the molecule is C=Cc1ccc(S(=O)(=O)O/N=C(/C#N)c2ccc(C(F)(F)F)cc2)cc1. The van der Waals surface area contributed by atoms with E-state index in [1.165, 1.54) is 30.3 Å². The van der Waals surface area contributed by atoms with Gasteiger partial charge in [-0.2, -0.15) is 26.9 Å². The first kappa shape index (κ1) is 19.2. The highest BCUT2D eigenvalue weighted by Gasteiger charge is 2.30. The fourth-order valence-corrected chi connectivity index (χ4v) is 2.58. The third kappa shape index (κ3) is 4.49. The molecule has 5 nitrogen and oxygen atoms in total. The Balaban J connectivity index is 2.25. The molecule has 0 bridgehead atoms. The number of hydrogen-bond donors (Lipinski definition) is 0. The molecule has 0 atom stereocenters. The Kier molecular flexibility index (Phi) is 5.47. The lowest BCUT2D eigenvalue weighted by molar-refractivity contribution is -0.137. The smallest absolute Gasteiger partial charge is 0.263 e. The van der Waals surface area contributed by atoms with E-state index in [9.17, 15) is 21.6 Å². The molecule has 0 saturated carbocycles. The number of rotatable bonds is 5. The molecule has 2 rings (SSSR count). The molecule has 0 radical (unpaired) electrons. The second-order valence-corrected chi connectivity index (χ2v) is 6.46. The first-order valence-electron chi connectivity index (χ1n) is 6.99. The van der Waals surface area contributed by atoms with Crippen LogP contribution < -0.4 is 0 Å². The third-order valence-electron chi connectivity index (χ3n) is 3.22. The standard InChI is InChI=1S/C17H11F3N2O3S/c1-2-12-3-9-15(10-4-12)26(23,24)25-22-16(11-21)13-5-7-14(8-6-13)17(18,19)20/h2-10H,1H2/b22-16-. The van der Waals surface area contributed by atoms with Crippen molar-refractivity contribution in [3.05, 3.63) is 71.8 Å². The summed E-state index contributed by atoms with van der Waals surface area (Å²) in [5.41, 5.74) is -0.716. The van der Waals surface area contributed by atoms with E-state index in [1.807, 2.05) is 0 Å². The van der Waals surface area contributed by atoms with Crippen LogP contribution in [0.15, 0.2) is 65.2 Å². The lowest BCUT2D eigenvalue weighted by Gasteiger charge is -2.07. The van der Waals surface area contributed by atoms with Crippen LogP contribution in [0.3, 0.4) is 0 Å². The van der Waals surface area contributed by atoms with Crippen molar-refractivity contribution in [3.8, 4) is 6.07 Å². The van der Waals surface area contributed by atoms with Gasteiger partial charge in [0, 0.05) is 5.56 Å². The monoisotopic (exact) mass is 380 g/mol. The van der Waals surface area contributed by atoms with Crippen LogP contribution in [-0.2, 0) is 20.6 Å². The van der Waals surface area contributed by atoms with Gasteiger partial charge in [0.05, 0.1) is 5.56 Å². The Labute approximate surface area is 147 Å². The summed E-state index contributed by atoms with van der Waals surface area (Å²) >= 11 is 0. The van der Waals surface area contributed by atoms with E-state index in [1.54, 1.807) is 6.07 Å². The molecule has 0 spiro atoms. The predicted octanol–water partition coefficient (Wildman–Crippen LogP) is 3.98. The summed E-state index contributed by atoms with van der Waals surface area (Å²) in [6.07, 6.45) is -3.01. The number of oxime groups is 1. The van der Waals surface area contributed by atoms with Crippen molar-refractivity contribution in [1.29, 1.82) is 5.26 Å². The van der Waals surface area contributed by atoms with Gasteiger partial charge in [-0.3, -0.25) is 4.28 Å². The van der Waals surface area contributed by atoms with Gasteiger partial charge in [-0.05, 0) is 29.8 Å². The molecular weight excluding hydrogens is 369 g/mol. The number of benzene rings is 2. The molecule has 0 fully saturated rings. The quantitative estimate of drug-likeness (QED) is 0.580. The van der Waals surface area contributed by atoms with Crippen molar-refractivity contribution in [1.82, 2.24) is 0 Å². The number of nitriles is 1. The normalized spacial score (nSPS) is 12.3. The van der Waals surface area contributed by atoms with Crippen molar-refractivity contribution >= 4 is 21.9 Å². The molecular formula is C17H11F3N2O3S. The molecule has 0 aliphatic carbocycles. The summed E-state index contributed by atoms with van der Waals surface area (Å²) in [7, 11) is -4.28. The van der Waals surface area contributed by atoms with Gasteiger partial charge in [0.15, 0.2) is 5.71 Å². The average molecular weight is 380 g/mol. The largest absolute Gasteiger partial charge is 0.416 e. The zero-order valence-corrected chi connectivity index (χ0v) is 13.9. The van der Waals surface area contributed by atoms with E-state index in [0.717, 1.165) is 24.3 Å². The van der Waals surface area contributed by atoms with Gasteiger partial charge in [-0.15, -0.1) is 0 Å². The van der Waals surface area contributed by atoms with Gasteiger partial charge >= 0.3 is 16.3 Å². The number of halogens is 3. The van der Waals surface area contributed by atoms with E-state index in [2.05, 4.69) is 16.0 Å². The van der Waals surface area contributed by atoms with Crippen molar-refractivity contribution in [3.63, 3.8) is 0 Å². The molecule has 134 valence electrons. The molecule has 26 heavy (non-hydrogen) atoms. The van der Waals surface area contributed by atoms with Crippen LogP contribution in [-0.4, -0.2) is 14.1 Å². The second-order valence-electron chi connectivity index (χ2n) is 4.93. The van der Waals surface area contributed by atoms with E-state index in [-0.39, 0.29) is 10.5 Å². The molecule has 2 aromatic carbocycles. The van der Waals surface area contributed by atoms with Crippen LogP contribution >= 0.6 is 0 Å². The lowest BCUT2D eigenvalue weighted by atomic mass is 10.1. The Hall–Kier alpha value is -3.12. The summed E-state index contributed by atoms with van der Waals surface area (Å²) in [4.78, 5) is -0.198. The number of alkyl halides is 3. The molecule has 2 aromatic rings. The summed E-state index contributed by atoms with van der Waals surface area (Å²) in [6.45, 7) is 3.54. The highest BCUT2D eigenvalue weighted by molar-refractivity contribution is 7.86. The minimum absolute atomic E-state index is 0.0160. The first-order chi connectivity index (χ1) is 12.2. The second kappa shape index (κ2) is 7.41. The van der Waals surface area contributed by atoms with Gasteiger partial charge in [-0.25, -0.2) is 0 Å². The Morgan fingerprint density at radius 1 is 1.12 bits per heavy atom. The van der Waals surface area contributed by atoms with E-state index >= 15 is 0 Å². The number of hydrogen-bond acceptors (Lipinski definition) is 5. The molecule has 9 heteroatoms. The van der Waals surface area contributed by atoms with E-state index in [0.29, 0.717) is 5.56 Å². The molecule has 0 aliphatic heterocycles. The van der Waals surface area contributed by atoms with Crippen LogP contribution in [0.5, 0.6) is 0 Å². The Morgan fingerprint density at radius 3 is 2.15 bits per heavy atom. The average Bonchev–Trinajstić information content (AvgIpc) is 2.62. The van der Waals surface area contributed by atoms with Gasteiger partial charge in [-0.1, -0.05) is 42.1 Å². The fourth-order valence-electron chi connectivity index (χ4n) is 1.85. The number of nitrogens with zero attached hydrogens (tertiary/aromatic N) is 2. The third-order valence-corrected chi connectivity index (χ3v) is 4.34. The highest BCUT2D eigenvalue weighted by Crippen LogP contribution is 2.29. The Bertz CT molecular complexity index is 972. The highest BCUT2D eigenvalue weighted by atomic mass is 32.2. The van der Waals surface area contributed by atoms with Crippen LogP contribution in [0.2, 0.25) is 0 Å². The van der Waals surface area contributed by atoms with Crippen molar-refractivity contribution < 1.29 is 25.9 Å². The molecule has 0 aromatic heterocycles. The van der Waals surface area contributed by atoms with Crippen LogP contribution in [0, 0.1) is 11.3 Å². The molecule has 0 amide bonds. The molecule has 0 N–H and O–H groups in total. The zero-order valence-electron chi connectivity index (χ0n) is 13.1. The van der Waals surface area contributed by atoms with Crippen molar-refractivity contribution in [2.24, 2.45) is 5.16 Å². The first-order valence-corrected chi connectivity index (χ1v) is 8.40. The van der Waals surface area contributed by atoms with E-state index in [4.69, 9.17) is 5.26 Å². The molecule has 0 aliphatic rings. The minimum atomic E-state index is -4.53. The van der Waals surface area contributed by atoms with Gasteiger partial charge in [0.25, 0.3) is 0 Å². The zero-order chi connectivity index (χ0) is 19.4. The summed E-state index contributed by atoms with van der Waals surface area (Å²) < 4.78 is 66.2. The Morgan fingerprint density at radius 2 is 1.69 bits per heavy atom. The minimum Gasteiger partial charge on any atom is -0.263 e.